The maximum absolute atomic E-state index is 14.6. The number of alkyl halides is 3. The van der Waals surface area contributed by atoms with Crippen LogP contribution >= 0.6 is 0 Å². The van der Waals surface area contributed by atoms with Crippen LogP contribution in [0.25, 0.3) is 0 Å². The van der Waals surface area contributed by atoms with E-state index in [0.717, 1.165) is 22.8 Å². The fourth-order valence-corrected chi connectivity index (χ4v) is 3.61. The van der Waals surface area contributed by atoms with Crippen molar-refractivity contribution in [2.45, 2.75) is 19.1 Å². The van der Waals surface area contributed by atoms with E-state index >= 15 is 0 Å². The van der Waals surface area contributed by atoms with Crippen molar-refractivity contribution in [2.75, 3.05) is 22.5 Å². The molecule has 3 N–H and O–H groups in total. The van der Waals surface area contributed by atoms with Crippen LogP contribution in [0.1, 0.15) is 39.5 Å². The number of aromatic nitrogens is 2. The Kier molecular flexibility index (Phi) is 5.11. The fraction of sp³-hybridized carbons (Fsp3) is 0.190. The summed E-state index contributed by atoms with van der Waals surface area (Å²) in [5, 5.41) is 2.47. The maximum Gasteiger partial charge on any atom is 0.416 e. The number of pyridine rings is 1. The molecule has 2 aromatic heterocycles. The molecule has 0 saturated carbocycles. The number of nitrogens with two attached hydrogens (primary N) is 1. The van der Waals surface area contributed by atoms with Gasteiger partial charge in [-0.2, -0.15) is 17.6 Å². The summed E-state index contributed by atoms with van der Waals surface area (Å²) in [4.78, 5) is 30.9. The third-order valence-electron chi connectivity index (χ3n) is 5.08. The Labute approximate surface area is 179 Å². The highest BCUT2D eigenvalue weighted by Crippen LogP contribution is 2.35. The molecule has 1 aromatic carbocycles. The number of benzene rings is 1. The summed E-state index contributed by atoms with van der Waals surface area (Å²) in [5.41, 5.74) is 4.72. The van der Waals surface area contributed by atoms with E-state index in [2.05, 4.69) is 10.3 Å². The first-order valence-corrected chi connectivity index (χ1v) is 9.50. The zero-order valence-electron chi connectivity index (χ0n) is 16.7. The molecule has 1 aliphatic rings. The number of nitrogens with one attached hydrogen (secondary N) is 1. The van der Waals surface area contributed by atoms with Gasteiger partial charge in [-0.05, 0) is 43.3 Å². The summed E-state index contributed by atoms with van der Waals surface area (Å²) >= 11 is 0. The second kappa shape index (κ2) is 7.66. The predicted octanol–water partition coefficient (Wildman–Crippen LogP) is 4.10. The van der Waals surface area contributed by atoms with Crippen molar-refractivity contribution in [2.24, 2.45) is 0 Å². The molecule has 1 atom stereocenters. The molecule has 0 fully saturated rings. The van der Waals surface area contributed by atoms with E-state index in [1.54, 1.807) is 6.92 Å². The quantitative estimate of drug-likeness (QED) is 0.592. The van der Waals surface area contributed by atoms with Crippen LogP contribution in [0.3, 0.4) is 0 Å². The first-order chi connectivity index (χ1) is 15.1. The lowest BCUT2D eigenvalue weighted by molar-refractivity contribution is -0.137. The molecule has 0 saturated heterocycles. The van der Waals surface area contributed by atoms with Gasteiger partial charge < -0.3 is 20.5 Å². The molecule has 166 valence electrons. The van der Waals surface area contributed by atoms with Gasteiger partial charge in [0.15, 0.2) is 5.95 Å². The first kappa shape index (κ1) is 21.3. The monoisotopic (exact) mass is 447 g/mol. The van der Waals surface area contributed by atoms with Gasteiger partial charge in [-0.1, -0.05) is 6.07 Å². The van der Waals surface area contributed by atoms with E-state index in [1.807, 2.05) is 0 Å². The molecule has 0 aliphatic carbocycles. The van der Waals surface area contributed by atoms with Crippen molar-refractivity contribution >= 4 is 29.0 Å². The predicted molar refractivity (Wildman–Crippen MR) is 109 cm³/mol. The first-order valence-electron chi connectivity index (χ1n) is 9.50. The number of nitrogen functional groups attached to an aromatic ring is 1. The average molecular weight is 447 g/mol. The van der Waals surface area contributed by atoms with E-state index < -0.39 is 35.5 Å². The molecule has 2 amide bonds. The largest absolute Gasteiger partial charge is 0.416 e. The number of carbonyl (C=O) groups excluding carboxylic acids is 2. The van der Waals surface area contributed by atoms with E-state index in [-0.39, 0.29) is 35.1 Å². The number of carbonyl (C=O) groups is 2. The standard InChI is InChI=1S/C21H17F4N5O2/c1-11-10-29(13-7-5-12(6-8-13)21(23,24)25)20(32)18-15(9-16(22)30(11)18)28-19(31)14-3-2-4-17(26)27-14/h2-9,11H,10H2,1H3,(H2,26,27)(H,28,31)/t11-/m0/s1. The minimum Gasteiger partial charge on any atom is -0.384 e. The number of hydrogen-bond acceptors (Lipinski definition) is 4. The highest BCUT2D eigenvalue weighted by molar-refractivity contribution is 6.13. The van der Waals surface area contributed by atoms with Crippen molar-refractivity contribution in [1.82, 2.24) is 9.55 Å². The molecule has 32 heavy (non-hydrogen) atoms. The van der Waals surface area contributed by atoms with E-state index in [0.29, 0.717) is 0 Å². The zero-order valence-corrected chi connectivity index (χ0v) is 16.7. The van der Waals surface area contributed by atoms with Crippen LogP contribution in [-0.4, -0.2) is 27.9 Å². The van der Waals surface area contributed by atoms with Crippen LogP contribution < -0.4 is 16.0 Å². The maximum atomic E-state index is 14.6. The van der Waals surface area contributed by atoms with Gasteiger partial charge in [0.1, 0.15) is 17.2 Å². The smallest absolute Gasteiger partial charge is 0.384 e. The molecule has 0 spiro atoms. The van der Waals surface area contributed by atoms with Gasteiger partial charge in [0, 0.05) is 18.3 Å². The summed E-state index contributed by atoms with van der Waals surface area (Å²) in [6.07, 6.45) is -4.51. The van der Waals surface area contributed by atoms with Crippen molar-refractivity contribution in [1.29, 1.82) is 0 Å². The topological polar surface area (TPSA) is 93.2 Å². The summed E-state index contributed by atoms with van der Waals surface area (Å²) in [6, 6.07) is 8.99. The molecule has 0 bridgehead atoms. The minimum atomic E-state index is -4.51. The molecule has 3 heterocycles. The minimum absolute atomic E-state index is 0.0266. The molecular weight excluding hydrogens is 430 g/mol. The normalized spacial score (nSPS) is 16.1. The number of nitrogens with zero attached hydrogens (tertiary/aromatic N) is 3. The number of rotatable bonds is 3. The second-order valence-electron chi connectivity index (χ2n) is 7.31. The second-order valence-corrected chi connectivity index (χ2v) is 7.31. The van der Waals surface area contributed by atoms with E-state index in [9.17, 15) is 27.2 Å². The van der Waals surface area contributed by atoms with Crippen molar-refractivity contribution in [3.63, 3.8) is 0 Å². The van der Waals surface area contributed by atoms with Gasteiger partial charge in [0.25, 0.3) is 11.8 Å². The average Bonchev–Trinajstić information content (AvgIpc) is 3.06. The van der Waals surface area contributed by atoms with Crippen LogP contribution in [0.5, 0.6) is 0 Å². The van der Waals surface area contributed by atoms with Gasteiger partial charge in [0.2, 0.25) is 0 Å². The van der Waals surface area contributed by atoms with Crippen molar-refractivity contribution < 1.29 is 27.2 Å². The highest BCUT2D eigenvalue weighted by Gasteiger charge is 2.36. The van der Waals surface area contributed by atoms with Gasteiger partial charge in [0.05, 0.1) is 17.3 Å². The molecule has 0 unspecified atom stereocenters. The van der Waals surface area contributed by atoms with Gasteiger partial charge in [-0.3, -0.25) is 9.59 Å². The number of halogens is 4. The Hall–Kier alpha value is -3.89. The Morgan fingerprint density at radius 2 is 1.88 bits per heavy atom. The van der Waals surface area contributed by atoms with Crippen LogP contribution in [0.4, 0.5) is 34.8 Å². The lowest BCUT2D eigenvalue weighted by atomic mass is 10.1. The number of hydrogen-bond donors (Lipinski definition) is 2. The van der Waals surface area contributed by atoms with Crippen molar-refractivity contribution in [3.05, 3.63) is 71.4 Å². The molecule has 1 aliphatic heterocycles. The summed E-state index contributed by atoms with van der Waals surface area (Å²) in [7, 11) is 0. The number of amides is 2. The summed E-state index contributed by atoms with van der Waals surface area (Å²) in [6.45, 7) is 1.69. The molecule has 3 aromatic rings. The number of fused-ring (bicyclic) bond motifs is 1. The Balaban J connectivity index is 1.68. The summed E-state index contributed by atoms with van der Waals surface area (Å²) in [5.74, 6) is -1.98. The molecule has 7 nitrogen and oxygen atoms in total. The Morgan fingerprint density at radius 1 is 1.19 bits per heavy atom. The lowest BCUT2D eigenvalue weighted by Gasteiger charge is -2.33. The van der Waals surface area contributed by atoms with Crippen LogP contribution in [0, 0.1) is 5.95 Å². The molecule has 0 radical (unpaired) electrons. The zero-order chi connectivity index (χ0) is 23.2. The lowest BCUT2D eigenvalue weighted by Crippen LogP contribution is -2.43. The molecule has 11 heteroatoms. The van der Waals surface area contributed by atoms with Gasteiger partial charge in [-0.15, -0.1) is 0 Å². The van der Waals surface area contributed by atoms with Gasteiger partial charge in [-0.25, -0.2) is 4.98 Å². The highest BCUT2D eigenvalue weighted by atomic mass is 19.4. The van der Waals surface area contributed by atoms with Crippen LogP contribution in [0.15, 0.2) is 48.5 Å². The SMILES string of the molecule is C[C@H]1CN(c2ccc(C(F)(F)F)cc2)C(=O)c2c(NC(=O)c3cccc(N)n3)cc(F)n21. The third kappa shape index (κ3) is 3.77. The van der Waals surface area contributed by atoms with Crippen LogP contribution in [-0.2, 0) is 6.18 Å². The van der Waals surface area contributed by atoms with Crippen LogP contribution in [0.2, 0.25) is 0 Å². The van der Waals surface area contributed by atoms with E-state index in [4.69, 9.17) is 5.73 Å². The third-order valence-corrected chi connectivity index (χ3v) is 5.08. The fourth-order valence-electron chi connectivity index (χ4n) is 3.61. The Bertz CT molecular complexity index is 1200. The Morgan fingerprint density at radius 3 is 2.50 bits per heavy atom. The molecule has 4 rings (SSSR count). The summed E-state index contributed by atoms with van der Waals surface area (Å²) < 4.78 is 54.4. The number of anilines is 3. The van der Waals surface area contributed by atoms with Gasteiger partial charge >= 0.3 is 6.18 Å². The molecular formula is C21H17F4N5O2. The van der Waals surface area contributed by atoms with E-state index in [1.165, 1.54) is 35.2 Å². The van der Waals surface area contributed by atoms with Crippen molar-refractivity contribution in [3.8, 4) is 0 Å².